The molecule has 0 heterocycles. The predicted octanol–water partition coefficient (Wildman–Crippen LogP) is 3.85. The first-order valence-electron chi connectivity index (χ1n) is 5.31. The van der Waals surface area contributed by atoms with Crippen molar-refractivity contribution in [3.8, 4) is 0 Å². The molecule has 1 aromatic rings. The van der Waals surface area contributed by atoms with E-state index in [1.54, 1.807) is 0 Å². The molecule has 0 radical (unpaired) electrons. The molecule has 1 atom stereocenters. The van der Waals surface area contributed by atoms with Crippen LogP contribution in [0.1, 0.15) is 25.5 Å². The van der Waals surface area contributed by atoms with E-state index in [0.29, 0.717) is 6.04 Å². The minimum Gasteiger partial charge on any atom is -0.309 e. The lowest BCUT2D eigenvalue weighted by molar-refractivity contribution is 0.599. The Bertz CT molecular complexity index is 291. The van der Waals surface area contributed by atoms with Gasteiger partial charge in [0.25, 0.3) is 0 Å². The van der Waals surface area contributed by atoms with Crippen molar-refractivity contribution in [3.63, 3.8) is 0 Å². The summed E-state index contributed by atoms with van der Waals surface area (Å²) < 4.78 is 1.19. The third-order valence-corrected chi connectivity index (χ3v) is 3.90. The summed E-state index contributed by atoms with van der Waals surface area (Å²) in [6.45, 7) is 5.47. The zero-order chi connectivity index (χ0) is 11.1. The van der Waals surface area contributed by atoms with Crippen molar-refractivity contribution in [1.82, 2.24) is 5.32 Å². The second-order valence-electron chi connectivity index (χ2n) is 3.39. The van der Waals surface area contributed by atoms with Crippen molar-refractivity contribution < 1.29 is 0 Å². The molecule has 0 unspecified atom stereocenters. The normalized spacial score (nSPS) is 12.7. The Hall–Kier alpha value is 0.01000. The van der Waals surface area contributed by atoms with Crippen molar-refractivity contribution in [2.75, 3.05) is 18.1 Å². The van der Waals surface area contributed by atoms with Crippen LogP contribution in [0.3, 0.4) is 0 Å². The van der Waals surface area contributed by atoms with Gasteiger partial charge in [0.1, 0.15) is 0 Å². The summed E-state index contributed by atoms with van der Waals surface area (Å²) in [5, 5.41) is 3.52. The summed E-state index contributed by atoms with van der Waals surface area (Å²) in [6, 6.07) is 8.80. The fraction of sp³-hybridized carbons (Fsp3) is 0.500. The van der Waals surface area contributed by atoms with Gasteiger partial charge in [-0.25, -0.2) is 0 Å². The van der Waals surface area contributed by atoms with Gasteiger partial charge in [-0.05, 0) is 24.3 Å². The average molecular weight is 288 g/mol. The standard InChI is InChI=1S/C12H18BrNS/c1-3-15-9-8-14-10(2)11-6-4-5-7-12(11)13/h4-7,10,14H,3,8-9H2,1-2H3/t10-/m0/s1. The molecule has 0 saturated heterocycles. The van der Waals surface area contributed by atoms with E-state index in [2.05, 4.69) is 53.3 Å². The third kappa shape index (κ3) is 4.58. The number of halogens is 1. The van der Waals surface area contributed by atoms with E-state index in [-0.39, 0.29) is 0 Å². The number of rotatable bonds is 6. The van der Waals surface area contributed by atoms with Crippen LogP contribution in [0.25, 0.3) is 0 Å². The van der Waals surface area contributed by atoms with Crippen molar-refractivity contribution in [3.05, 3.63) is 34.3 Å². The smallest absolute Gasteiger partial charge is 0.0303 e. The minimum absolute atomic E-state index is 0.415. The Morgan fingerprint density at radius 1 is 1.40 bits per heavy atom. The molecule has 0 bridgehead atoms. The fourth-order valence-electron chi connectivity index (χ4n) is 1.43. The monoisotopic (exact) mass is 287 g/mol. The van der Waals surface area contributed by atoms with Crippen LogP contribution in [-0.4, -0.2) is 18.1 Å². The van der Waals surface area contributed by atoms with Crippen LogP contribution in [0.5, 0.6) is 0 Å². The maximum absolute atomic E-state index is 3.57. The van der Waals surface area contributed by atoms with Crippen LogP contribution in [0, 0.1) is 0 Å². The summed E-state index contributed by atoms with van der Waals surface area (Å²) in [5.74, 6) is 2.39. The van der Waals surface area contributed by atoms with Crippen LogP contribution >= 0.6 is 27.7 Å². The molecule has 0 aliphatic heterocycles. The molecular weight excluding hydrogens is 270 g/mol. The topological polar surface area (TPSA) is 12.0 Å². The highest BCUT2D eigenvalue weighted by Gasteiger charge is 2.06. The lowest BCUT2D eigenvalue weighted by atomic mass is 10.1. The number of benzene rings is 1. The summed E-state index contributed by atoms with van der Waals surface area (Å²) in [5.41, 5.74) is 1.33. The van der Waals surface area contributed by atoms with Gasteiger partial charge in [0, 0.05) is 22.8 Å². The van der Waals surface area contributed by atoms with Gasteiger partial charge in [0.05, 0.1) is 0 Å². The molecule has 0 aliphatic rings. The van der Waals surface area contributed by atoms with Gasteiger partial charge in [-0.1, -0.05) is 41.1 Å². The van der Waals surface area contributed by atoms with Crippen molar-refractivity contribution in [2.45, 2.75) is 19.9 Å². The minimum atomic E-state index is 0.415. The molecule has 1 rings (SSSR count). The number of hydrogen-bond donors (Lipinski definition) is 1. The Morgan fingerprint density at radius 3 is 2.80 bits per heavy atom. The lowest BCUT2D eigenvalue weighted by Crippen LogP contribution is -2.21. The molecule has 0 aromatic heterocycles. The summed E-state index contributed by atoms with van der Waals surface area (Å²) in [7, 11) is 0. The summed E-state index contributed by atoms with van der Waals surface area (Å²) in [4.78, 5) is 0. The molecule has 1 aromatic carbocycles. The van der Waals surface area contributed by atoms with E-state index in [1.165, 1.54) is 21.5 Å². The second-order valence-corrected chi connectivity index (χ2v) is 5.64. The maximum atomic E-state index is 3.57. The highest BCUT2D eigenvalue weighted by Crippen LogP contribution is 2.22. The first-order chi connectivity index (χ1) is 7.25. The number of thioether (sulfide) groups is 1. The summed E-state index contributed by atoms with van der Waals surface area (Å²) in [6.07, 6.45) is 0. The Morgan fingerprint density at radius 2 is 2.13 bits per heavy atom. The Kier molecular flexibility index (Phi) is 6.37. The zero-order valence-electron chi connectivity index (χ0n) is 9.29. The van der Waals surface area contributed by atoms with Crippen molar-refractivity contribution in [2.24, 2.45) is 0 Å². The van der Waals surface area contributed by atoms with E-state index < -0.39 is 0 Å². The molecule has 3 heteroatoms. The molecule has 1 nitrogen and oxygen atoms in total. The summed E-state index contributed by atoms with van der Waals surface area (Å²) >= 11 is 5.55. The van der Waals surface area contributed by atoms with Gasteiger partial charge in [-0.15, -0.1) is 0 Å². The van der Waals surface area contributed by atoms with Crippen LogP contribution < -0.4 is 5.32 Å². The number of hydrogen-bond acceptors (Lipinski definition) is 2. The fourth-order valence-corrected chi connectivity index (χ4v) is 2.61. The predicted molar refractivity (Wildman–Crippen MR) is 73.6 cm³/mol. The molecule has 84 valence electrons. The quantitative estimate of drug-likeness (QED) is 0.798. The van der Waals surface area contributed by atoms with Crippen molar-refractivity contribution in [1.29, 1.82) is 0 Å². The van der Waals surface area contributed by atoms with E-state index in [0.717, 1.165) is 6.54 Å². The molecule has 0 saturated carbocycles. The molecule has 0 fully saturated rings. The maximum Gasteiger partial charge on any atom is 0.0303 e. The van der Waals surface area contributed by atoms with Crippen molar-refractivity contribution >= 4 is 27.7 Å². The van der Waals surface area contributed by atoms with Gasteiger partial charge >= 0.3 is 0 Å². The van der Waals surface area contributed by atoms with Gasteiger partial charge < -0.3 is 5.32 Å². The second kappa shape index (κ2) is 7.31. The zero-order valence-corrected chi connectivity index (χ0v) is 11.7. The van der Waals surface area contributed by atoms with Gasteiger partial charge in [0.2, 0.25) is 0 Å². The molecule has 0 amide bonds. The van der Waals surface area contributed by atoms with Gasteiger partial charge in [-0.3, -0.25) is 0 Å². The van der Waals surface area contributed by atoms with E-state index >= 15 is 0 Å². The number of nitrogens with one attached hydrogen (secondary N) is 1. The highest BCUT2D eigenvalue weighted by molar-refractivity contribution is 9.10. The molecule has 0 spiro atoms. The average Bonchev–Trinajstić information content (AvgIpc) is 2.25. The molecule has 1 N–H and O–H groups in total. The lowest BCUT2D eigenvalue weighted by Gasteiger charge is -2.15. The first kappa shape index (κ1) is 13.1. The van der Waals surface area contributed by atoms with Crippen LogP contribution in [-0.2, 0) is 0 Å². The van der Waals surface area contributed by atoms with Gasteiger partial charge in [0.15, 0.2) is 0 Å². The first-order valence-corrected chi connectivity index (χ1v) is 7.26. The largest absolute Gasteiger partial charge is 0.309 e. The molecule has 15 heavy (non-hydrogen) atoms. The Labute approximate surface area is 105 Å². The molecule has 0 aliphatic carbocycles. The van der Waals surface area contributed by atoms with Crippen LogP contribution in [0.15, 0.2) is 28.7 Å². The van der Waals surface area contributed by atoms with Crippen LogP contribution in [0.4, 0.5) is 0 Å². The van der Waals surface area contributed by atoms with E-state index in [4.69, 9.17) is 0 Å². The van der Waals surface area contributed by atoms with E-state index in [9.17, 15) is 0 Å². The highest BCUT2D eigenvalue weighted by atomic mass is 79.9. The Balaban J connectivity index is 2.40. The third-order valence-electron chi connectivity index (χ3n) is 2.27. The van der Waals surface area contributed by atoms with Gasteiger partial charge in [-0.2, -0.15) is 11.8 Å². The SMILES string of the molecule is CCSCCN[C@@H](C)c1ccccc1Br. The van der Waals surface area contributed by atoms with E-state index in [1.807, 2.05) is 17.8 Å². The van der Waals surface area contributed by atoms with Crippen LogP contribution in [0.2, 0.25) is 0 Å². The molecular formula is C12H18BrNS.